The van der Waals surface area contributed by atoms with Crippen molar-refractivity contribution in [2.45, 2.75) is 7.43 Å². The second kappa shape index (κ2) is 28.2. The fourth-order valence-corrected chi connectivity index (χ4v) is 16.1. The molecule has 9 heteroatoms. The van der Waals surface area contributed by atoms with Gasteiger partial charge in [-0.15, -0.1) is 0 Å². The van der Waals surface area contributed by atoms with E-state index in [9.17, 15) is 0 Å². The van der Waals surface area contributed by atoms with Crippen molar-refractivity contribution in [1.29, 1.82) is 0 Å². The average Bonchev–Trinajstić information content (AvgIpc) is 1.52. The Morgan fingerprint density at radius 1 is 0.209 bits per heavy atom. The molecule has 520 valence electrons. The highest BCUT2D eigenvalue weighted by molar-refractivity contribution is 6.31. The summed E-state index contributed by atoms with van der Waals surface area (Å²) < 4.78 is 7.15. The predicted molar refractivity (Wildman–Crippen MR) is 462 cm³/mol. The van der Waals surface area contributed by atoms with Crippen LogP contribution in [0.3, 0.4) is 0 Å². The first kappa shape index (κ1) is 66.4. The van der Waals surface area contributed by atoms with Gasteiger partial charge in [0.1, 0.15) is 0 Å². The number of aromatic nitrogens is 8. The van der Waals surface area contributed by atoms with E-state index in [1.165, 1.54) is 115 Å². The number of nitrogens with zero attached hydrogens (tertiary/aromatic N) is 7. The molecule has 0 aliphatic carbocycles. The van der Waals surface area contributed by atoms with Gasteiger partial charge in [-0.05, 0) is 156 Å². The molecule has 1 N–H and O–H groups in total. The van der Waals surface area contributed by atoms with Gasteiger partial charge >= 0.3 is 0 Å². The number of aromatic amines is 1. The van der Waals surface area contributed by atoms with Gasteiger partial charge in [-0.3, -0.25) is 0 Å². The van der Waals surface area contributed by atoms with Crippen LogP contribution >= 0.6 is 11.6 Å². The molecular weight excluding hydrogens is 1360 g/mol. The number of halogens is 1. The molecule has 6 aromatic heterocycles. The van der Waals surface area contributed by atoms with Crippen LogP contribution in [0.5, 0.6) is 0 Å². The summed E-state index contributed by atoms with van der Waals surface area (Å²) in [5.74, 6) is 1.41. The van der Waals surface area contributed by atoms with Crippen molar-refractivity contribution in [3.05, 3.63) is 393 Å². The van der Waals surface area contributed by atoms with E-state index in [4.69, 9.17) is 31.5 Å². The fourth-order valence-electron chi connectivity index (χ4n) is 16.0. The van der Waals surface area contributed by atoms with Crippen LogP contribution in [0.25, 0.3) is 194 Å². The van der Waals surface area contributed by atoms with Crippen molar-refractivity contribution in [3.8, 4) is 84.6 Å². The van der Waals surface area contributed by atoms with Crippen LogP contribution in [0.1, 0.15) is 7.43 Å². The second-order valence-electron chi connectivity index (χ2n) is 27.4. The highest BCUT2D eigenvalue weighted by Crippen LogP contribution is 2.45. The van der Waals surface area contributed by atoms with Crippen molar-refractivity contribution in [2.75, 3.05) is 0 Å². The maximum Gasteiger partial charge on any atom is 0.160 e. The van der Waals surface area contributed by atoms with Crippen molar-refractivity contribution >= 4 is 121 Å². The first-order valence-corrected chi connectivity index (χ1v) is 37.1. The van der Waals surface area contributed by atoms with Crippen LogP contribution in [-0.4, -0.2) is 38.6 Å². The molecule has 0 unspecified atom stereocenters. The number of benzene rings is 16. The van der Waals surface area contributed by atoms with Crippen molar-refractivity contribution in [2.24, 2.45) is 0 Å². The minimum atomic E-state index is 0. The Morgan fingerprint density at radius 3 is 0.955 bits per heavy atom. The zero-order chi connectivity index (χ0) is 72.3. The predicted octanol–water partition coefficient (Wildman–Crippen LogP) is 27.2. The Hall–Kier alpha value is -14.3. The molecule has 16 aromatic carbocycles. The molecule has 0 bridgehead atoms. The van der Waals surface area contributed by atoms with Crippen molar-refractivity contribution in [1.82, 2.24) is 38.6 Å². The molecule has 0 radical (unpaired) electrons. The molecule has 0 spiro atoms. The molecule has 22 aromatic rings. The smallest absolute Gasteiger partial charge is 0.160 e. The lowest BCUT2D eigenvalue weighted by Gasteiger charge is -2.12. The summed E-state index contributed by atoms with van der Waals surface area (Å²) in [5.41, 5.74) is 25.6. The normalized spacial score (nSPS) is 11.4. The minimum absolute atomic E-state index is 0. The van der Waals surface area contributed by atoms with Crippen molar-refractivity contribution in [3.63, 3.8) is 0 Å². The van der Waals surface area contributed by atoms with Crippen LogP contribution in [0, 0.1) is 0 Å². The van der Waals surface area contributed by atoms with Crippen LogP contribution in [0.2, 0.25) is 5.02 Å². The molecule has 0 atom stereocenters. The Balaban J connectivity index is 0.000000123. The van der Waals surface area contributed by atoms with E-state index in [1.807, 2.05) is 60.7 Å². The summed E-state index contributed by atoms with van der Waals surface area (Å²) in [6.07, 6.45) is 0. The van der Waals surface area contributed by atoms with Crippen LogP contribution in [0.4, 0.5) is 0 Å². The lowest BCUT2D eigenvalue weighted by molar-refractivity contribution is 1.17. The number of hydrogen-bond donors (Lipinski definition) is 1. The monoisotopic (exact) mass is 1430 g/mol. The largest absolute Gasteiger partial charge is 0.354 e. The Morgan fingerprint density at radius 2 is 0.518 bits per heavy atom. The lowest BCUT2D eigenvalue weighted by Crippen LogP contribution is -1.97. The SMILES string of the molecule is C.Clc1ccc(-c2nc(-c3ccc(-c4ccccc4)cc3)c3ccccc3n2)cc1.c1ccc(-c2ccc(-c3nc(-c4ccc(-n5c6ccccc6c6c7c8ccccc8n(-c8ccccc8)c7ccc65)cc4)nc4ccccc34)cc2)cc1.c1ccc(-n2c3ccccc3c3c4c(ccc32)[nH]c2ccccc24)cc1. The van der Waals surface area contributed by atoms with E-state index in [1.54, 1.807) is 0 Å². The topological polar surface area (TPSA) is 82.1 Å². The molecule has 6 heterocycles. The Kier molecular flexibility index (Phi) is 17.0. The van der Waals surface area contributed by atoms with E-state index >= 15 is 0 Å². The maximum absolute atomic E-state index is 6.05. The van der Waals surface area contributed by atoms with Crippen LogP contribution in [0.15, 0.2) is 388 Å². The number of hydrogen-bond acceptors (Lipinski definition) is 4. The Labute approximate surface area is 640 Å². The molecule has 110 heavy (non-hydrogen) atoms. The van der Waals surface area contributed by atoms with Gasteiger partial charge in [0.2, 0.25) is 0 Å². The number of fused-ring (bicyclic) bond motifs is 16. The third kappa shape index (κ3) is 11.8. The fraction of sp³-hybridized carbons (Fsp3) is 0.00990. The highest BCUT2D eigenvalue weighted by atomic mass is 35.5. The number of nitrogens with one attached hydrogen (secondary N) is 1. The van der Waals surface area contributed by atoms with E-state index in [0.29, 0.717) is 16.7 Å². The van der Waals surface area contributed by atoms with E-state index in [2.05, 4.69) is 346 Å². The molecule has 0 saturated heterocycles. The summed E-state index contributed by atoms with van der Waals surface area (Å²) in [6.45, 7) is 0. The summed E-state index contributed by atoms with van der Waals surface area (Å²) in [6, 6.07) is 136. The zero-order valence-electron chi connectivity index (χ0n) is 59.0. The number of rotatable bonds is 9. The standard InChI is InChI=1S/C50H32N4.C26H17ClN2.C24H16N2.CH4/c1-3-13-33(14-4-1)34-23-25-35(26-24-34)49-39-17-7-10-20-42(39)51-50(52-49)36-27-29-38(30-28-36)54-44-22-12-9-19-41(44)48-46(54)32-31-45-47(48)40-18-8-11-21-43(40)53(45)37-15-5-2-6-16-37;27-22-16-14-21(15-17-22)26-28-24-9-5-4-8-23(24)25(29-26)20-12-10-19(11-13-20)18-6-2-1-3-7-18;1-2-8-16(9-3-1)26-21-13-7-5-11-18(21)24-22(26)15-14-20-23(24)17-10-4-6-12-19(17)25-20;/h1-32H;1-17H;1-15,25H;1H4. The summed E-state index contributed by atoms with van der Waals surface area (Å²) in [7, 11) is 0. The highest BCUT2D eigenvalue weighted by Gasteiger charge is 2.23. The van der Waals surface area contributed by atoms with Crippen LogP contribution in [-0.2, 0) is 0 Å². The zero-order valence-corrected chi connectivity index (χ0v) is 59.7. The maximum atomic E-state index is 6.05. The van der Waals surface area contributed by atoms with Gasteiger partial charge in [0, 0.05) is 109 Å². The molecule has 0 saturated carbocycles. The molecule has 0 amide bonds. The summed E-state index contributed by atoms with van der Waals surface area (Å²) in [4.78, 5) is 23.5. The van der Waals surface area contributed by atoms with E-state index in [-0.39, 0.29) is 7.43 Å². The first-order valence-electron chi connectivity index (χ1n) is 36.7. The van der Waals surface area contributed by atoms with Gasteiger partial charge in [-0.25, -0.2) is 19.9 Å². The third-order valence-electron chi connectivity index (χ3n) is 21.0. The third-order valence-corrected chi connectivity index (χ3v) is 21.3. The molecule has 22 rings (SSSR count). The van der Waals surface area contributed by atoms with Gasteiger partial charge in [0.25, 0.3) is 0 Å². The Bertz CT molecular complexity index is 7170. The molecule has 0 fully saturated rings. The molecule has 0 aliphatic rings. The average molecular weight is 1430 g/mol. The van der Waals surface area contributed by atoms with Crippen LogP contribution < -0.4 is 0 Å². The van der Waals surface area contributed by atoms with Gasteiger partial charge in [-0.2, -0.15) is 0 Å². The van der Waals surface area contributed by atoms with Gasteiger partial charge in [0.05, 0.1) is 55.5 Å². The second-order valence-corrected chi connectivity index (χ2v) is 27.8. The number of para-hydroxylation sites is 8. The number of H-pyrrole nitrogens is 1. The first-order chi connectivity index (χ1) is 54.0. The molecule has 0 aliphatic heterocycles. The molecular formula is C101H69ClN8. The lowest BCUT2D eigenvalue weighted by atomic mass is 10.0. The summed E-state index contributed by atoms with van der Waals surface area (Å²) >= 11 is 6.05. The minimum Gasteiger partial charge on any atom is -0.354 e. The van der Waals surface area contributed by atoms with Gasteiger partial charge in [-0.1, -0.05) is 274 Å². The quantitative estimate of drug-likeness (QED) is 0.156. The molecule has 8 nitrogen and oxygen atoms in total. The van der Waals surface area contributed by atoms with E-state index < -0.39 is 0 Å². The van der Waals surface area contributed by atoms with Crippen molar-refractivity contribution < 1.29 is 0 Å². The van der Waals surface area contributed by atoms with Gasteiger partial charge in [0.15, 0.2) is 11.6 Å². The van der Waals surface area contributed by atoms with E-state index in [0.717, 1.165) is 66.8 Å². The summed E-state index contributed by atoms with van der Waals surface area (Å²) in [5, 5.41) is 13.0. The van der Waals surface area contributed by atoms with Gasteiger partial charge < -0.3 is 18.7 Å².